The largest absolute Gasteiger partial charge is 0.192 e. The van der Waals surface area contributed by atoms with Crippen LogP contribution < -0.4 is 0 Å². The van der Waals surface area contributed by atoms with Crippen LogP contribution >= 0.6 is 22.7 Å². The highest BCUT2D eigenvalue weighted by atomic mass is 32.1. The summed E-state index contributed by atoms with van der Waals surface area (Å²) in [7, 11) is 0. The highest BCUT2D eigenvalue weighted by Crippen LogP contribution is 2.42. The van der Waals surface area contributed by atoms with E-state index >= 15 is 0 Å². The lowest BCUT2D eigenvalue weighted by Crippen LogP contribution is -1.93. The number of nitriles is 2. The molecule has 0 aliphatic carbocycles. The number of hydrogen-bond donors (Lipinski definition) is 0. The Bertz CT molecular complexity index is 2450. The molecule has 4 heteroatoms. The van der Waals surface area contributed by atoms with Gasteiger partial charge in [-0.15, -0.1) is 22.7 Å². The molecule has 0 aliphatic heterocycles. The van der Waals surface area contributed by atoms with E-state index in [4.69, 9.17) is 0 Å². The van der Waals surface area contributed by atoms with Crippen LogP contribution in [0.2, 0.25) is 0 Å². The lowest BCUT2D eigenvalue weighted by Gasteiger charge is -2.15. The fraction of sp³-hybridized carbons (Fsp3) is 0. The summed E-state index contributed by atoms with van der Waals surface area (Å²) in [5, 5.41) is 25.1. The van der Waals surface area contributed by atoms with Gasteiger partial charge in [0.05, 0.1) is 17.2 Å². The first-order valence-electron chi connectivity index (χ1n) is 13.6. The van der Waals surface area contributed by atoms with Crippen LogP contribution in [0.1, 0.15) is 11.1 Å². The SMILES string of the molecule is N#Cc1cccc(-c2cc(-c3ccc4c(c3)sc3ccccc34)cc(-c3ccc4sc5ccccc5c4c3)c2C#N)c1. The van der Waals surface area contributed by atoms with E-state index in [1.807, 2.05) is 18.2 Å². The van der Waals surface area contributed by atoms with E-state index < -0.39 is 0 Å². The number of benzene rings is 6. The average Bonchev–Trinajstić information content (AvgIpc) is 3.61. The minimum atomic E-state index is 0.571. The monoisotopic (exact) mass is 568 g/mol. The summed E-state index contributed by atoms with van der Waals surface area (Å²) >= 11 is 3.59. The number of nitrogens with zero attached hydrogens (tertiary/aromatic N) is 2. The number of fused-ring (bicyclic) bond motifs is 6. The Kier molecular flexibility index (Phi) is 5.66. The van der Waals surface area contributed by atoms with E-state index in [2.05, 4.69) is 109 Å². The third-order valence-electron chi connectivity index (χ3n) is 7.95. The Hall–Kier alpha value is -5.26. The van der Waals surface area contributed by atoms with Gasteiger partial charge < -0.3 is 0 Å². The van der Waals surface area contributed by atoms with Gasteiger partial charge in [0, 0.05) is 51.5 Å². The summed E-state index contributed by atoms with van der Waals surface area (Å²) in [6, 6.07) is 46.7. The van der Waals surface area contributed by atoms with Gasteiger partial charge in [0.1, 0.15) is 6.07 Å². The number of hydrogen-bond acceptors (Lipinski definition) is 4. The van der Waals surface area contributed by atoms with Gasteiger partial charge in [0.25, 0.3) is 0 Å². The Balaban J connectivity index is 1.40. The van der Waals surface area contributed by atoms with Gasteiger partial charge in [-0.3, -0.25) is 0 Å². The quantitative estimate of drug-likeness (QED) is 0.213. The summed E-state index contributed by atoms with van der Waals surface area (Å²) in [6.45, 7) is 0. The molecule has 42 heavy (non-hydrogen) atoms. The van der Waals surface area contributed by atoms with Gasteiger partial charge in [-0.1, -0.05) is 66.7 Å². The Labute approximate surface area is 250 Å². The fourth-order valence-electron chi connectivity index (χ4n) is 5.94. The molecule has 0 atom stereocenters. The van der Waals surface area contributed by atoms with Gasteiger partial charge in [-0.05, 0) is 76.9 Å². The van der Waals surface area contributed by atoms with Crippen molar-refractivity contribution in [1.29, 1.82) is 10.5 Å². The lowest BCUT2D eigenvalue weighted by molar-refractivity contribution is 1.46. The summed E-state index contributed by atoms with van der Waals surface area (Å²) in [4.78, 5) is 0. The van der Waals surface area contributed by atoms with E-state index in [1.54, 1.807) is 28.7 Å². The van der Waals surface area contributed by atoms with Crippen LogP contribution in [0, 0.1) is 22.7 Å². The number of thiophene rings is 2. The van der Waals surface area contributed by atoms with Crippen LogP contribution in [-0.4, -0.2) is 0 Å². The summed E-state index contributed by atoms with van der Waals surface area (Å²) < 4.78 is 4.99. The van der Waals surface area contributed by atoms with Crippen LogP contribution in [0.3, 0.4) is 0 Å². The Morgan fingerprint density at radius 1 is 0.405 bits per heavy atom. The molecule has 0 unspecified atom stereocenters. The summed E-state index contributed by atoms with van der Waals surface area (Å²) in [5.74, 6) is 0. The van der Waals surface area contributed by atoms with Gasteiger partial charge in [0.2, 0.25) is 0 Å². The highest BCUT2D eigenvalue weighted by molar-refractivity contribution is 7.26. The van der Waals surface area contributed by atoms with Gasteiger partial charge in [-0.2, -0.15) is 10.5 Å². The first-order valence-corrected chi connectivity index (χ1v) is 15.3. The van der Waals surface area contributed by atoms with Crippen molar-refractivity contribution in [3.05, 3.63) is 132 Å². The van der Waals surface area contributed by atoms with E-state index in [1.165, 1.54) is 40.3 Å². The molecule has 6 aromatic carbocycles. The van der Waals surface area contributed by atoms with Crippen molar-refractivity contribution in [2.75, 3.05) is 0 Å². The molecular formula is C38H20N2S2. The predicted molar refractivity (Wildman–Crippen MR) is 178 cm³/mol. The maximum atomic E-state index is 10.6. The van der Waals surface area contributed by atoms with Crippen LogP contribution in [0.15, 0.2) is 121 Å². The molecule has 0 N–H and O–H groups in total. The van der Waals surface area contributed by atoms with Crippen molar-refractivity contribution in [3.63, 3.8) is 0 Å². The third kappa shape index (κ3) is 3.90. The summed E-state index contributed by atoms with van der Waals surface area (Å²) in [5.41, 5.74) is 6.89. The lowest BCUT2D eigenvalue weighted by atomic mass is 9.87. The van der Waals surface area contributed by atoms with Crippen molar-refractivity contribution in [3.8, 4) is 45.5 Å². The van der Waals surface area contributed by atoms with Crippen LogP contribution in [0.25, 0.3) is 73.7 Å². The molecule has 0 spiro atoms. The van der Waals surface area contributed by atoms with Crippen LogP contribution in [-0.2, 0) is 0 Å². The average molecular weight is 569 g/mol. The highest BCUT2D eigenvalue weighted by Gasteiger charge is 2.17. The molecule has 8 aromatic rings. The zero-order valence-corrected chi connectivity index (χ0v) is 23.9. The molecule has 0 bridgehead atoms. The topological polar surface area (TPSA) is 47.6 Å². The molecule has 0 aliphatic rings. The molecule has 194 valence electrons. The second kappa shape index (κ2) is 9.68. The molecule has 0 saturated carbocycles. The molecule has 0 fully saturated rings. The zero-order chi connectivity index (χ0) is 28.2. The van der Waals surface area contributed by atoms with Gasteiger partial charge >= 0.3 is 0 Å². The second-order valence-corrected chi connectivity index (χ2v) is 12.5. The molecule has 8 rings (SSSR count). The summed E-state index contributed by atoms with van der Waals surface area (Å²) in [6.07, 6.45) is 0. The van der Waals surface area contributed by atoms with Crippen molar-refractivity contribution in [2.24, 2.45) is 0 Å². The van der Waals surface area contributed by atoms with Crippen molar-refractivity contribution >= 4 is 63.0 Å². The second-order valence-electron chi connectivity index (χ2n) is 10.4. The molecule has 0 radical (unpaired) electrons. The minimum Gasteiger partial charge on any atom is -0.192 e. The Morgan fingerprint density at radius 2 is 1.02 bits per heavy atom. The van der Waals surface area contributed by atoms with Crippen LogP contribution in [0.4, 0.5) is 0 Å². The zero-order valence-electron chi connectivity index (χ0n) is 22.3. The molecule has 2 heterocycles. The van der Waals surface area contributed by atoms with E-state index in [9.17, 15) is 10.5 Å². The third-order valence-corrected chi connectivity index (χ3v) is 10.2. The fourth-order valence-corrected chi connectivity index (χ4v) is 8.17. The molecular weight excluding hydrogens is 549 g/mol. The standard InChI is InChI=1S/C38H20N2S2/c39-21-23-6-5-7-25(16-23)31-18-27(24-12-14-30-28-8-1-3-10-35(28)42-38(30)20-24)19-32(34(31)22-40)26-13-15-37-33(17-26)29-9-2-4-11-36(29)41-37/h1-20H. The van der Waals surface area contributed by atoms with Crippen molar-refractivity contribution in [1.82, 2.24) is 0 Å². The molecule has 0 amide bonds. The van der Waals surface area contributed by atoms with Gasteiger partial charge in [-0.25, -0.2) is 0 Å². The van der Waals surface area contributed by atoms with E-state index in [-0.39, 0.29) is 0 Å². The maximum absolute atomic E-state index is 10.6. The molecule has 2 nitrogen and oxygen atoms in total. The normalized spacial score (nSPS) is 11.3. The van der Waals surface area contributed by atoms with Crippen LogP contribution in [0.5, 0.6) is 0 Å². The number of rotatable bonds is 3. The first-order chi connectivity index (χ1) is 20.7. The molecule has 2 aromatic heterocycles. The smallest absolute Gasteiger partial charge is 0.100 e. The predicted octanol–water partition coefficient (Wildman–Crippen LogP) is 11.2. The van der Waals surface area contributed by atoms with E-state index in [0.29, 0.717) is 11.1 Å². The van der Waals surface area contributed by atoms with Crippen molar-refractivity contribution in [2.45, 2.75) is 0 Å². The van der Waals surface area contributed by atoms with E-state index in [0.717, 1.165) is 33.4 Å². The Morgan fingerprint density at radius 3 is 1.76 bits per heavy atom. The minimum absolute atomic E-state index is 0.571. The maximum Gasteiger partial charge on any atom is 0.100 e. The van der Waals surface area contributed by atoms with Gasteiger partial charge in [0.15, 0.2) is 0 Å². The molecule has 0 saturated heterocycles. The van der Waals surface area contributed by atoms with Crippen molar-refractivity contribution < 1.29 is 0 Å². The first kappa shape index (κ1) is 24.5.